The lowest BCUT2D eigenvalue weighted by Crippen LogP contribution is -2.47. The Morgan fingerprint density at radius 3 is 2.19 bits per heavy atom. The second-order valence-corrected chi connectivity index (χ2v) is 12.5. The van der Waals surface area contributed by atoms with E-state index in [1.54, 1.807) is 28.0 Å². The van der Waals surface area contributed by atoms with Crippen LogP contribution in [0, 0.1) is 36.2 Å². The monoisotopic (exact) mass is 651 g/mol. The molecule has 0 aromatic heterocycles. The predicted octanol–water partition coefficient (Wildman–Crippen LogP) is 7.41. The average molecular weight is 652 g/mol. The standard InChI is InChI=1S/C37H44F3N3O4/c1-4-12-42(13-5-2)36(46)29-16-24(3)15-27(20-29)34(44)21-28(17-25-18-31(39)22-32(40)19-25)35(45)26-7-6-14-43(23-26)37(47)41-33-10-8-30(38)9-11-33/h8-11,15-16,18-20,22,26,28,35,45H,4-7,12-14,17,21,23H2,1-3H3,(H,41,47)/t26-,28-,35-/m1/s1. The summed E-state index contributed by atoms with van der Waals surface area (Å²) in [6.45, 7) is 7.66. The minimum Gasteiger partial charge on any atom is -0.392 e. The van der Waals surface area contributed by atoms with E-state index < -0.39 is 41.4 Å². The molecule has 252 valence electrons. The van der Waals surface area contributed by atoms with Crippen molar-refractivity contribution in [3.63, 3.8) is 0 Å². The van der Waals surface area contributed by atoms with Gasteiger partial charge < -0.3 is 20.2 Å². The molecule has 0 radical (unpaired) electrons. The molecular formula is C37H44F3N3O4. The summed E-state index contributed by atoms with van der Waals surface area (Å²) >= 11 is 0. The zero-order chi connectivity index (χ0) is 34.1. The van der Waals surface area contributed by atoms with E-state index in [-0.39, 0.29) is 31.1 Å². The van der Waals surface area contributed by atoms with Crippen LogP contribution in [0.15, 0.2) is 60.7 Å². The number of likely N-dealkylation sites (tertiary alicyclic amines) is 1. The molecule has 1 aliphatic heterocycles. The number of rotatable bonds is 13. The van der Waals surface area contributed by atoms with Crippen molar-refractivity contribution in [3.8, 4) is 0 Å². The van der Waals surface area contributed by atoms with Crippen molar-refractivity contribution in [2.45, 2.75) is 65.4 Å². The van der Waals surface area contributed by atoms with Gasteiger partial charge in [0.25, 0.3) is 5.91 Å². The van der Waals surface area contributed by atoms with Gasteiger partial charge in [0.05, 0.1) is 6.10 Å². The molecule has 10 heteroatoms. The normalized spacial score (nSPS) is 16.0. The van der Waals surface area contributed by atoms with Crippen LogP contribution in [-0.4, -0.2) is 64.9 Å². The smallest absolute Gasteiger partial charge is 0.321 e. The molecule has 3 atom stereocenters. The zero-order valence-corrected chi connectivity index (χ0v) is 27.3. The average Bonchev–Trinajstić information content (AvgIpc) is 3.04. The lowest BCUT2D eigenvalue weighted by molar-refractivity contribution is 0.0178. The second kappa shape index (κ2) is 16.6. The van der Waals surface area contributed by atoms with Crippen molar-refractivity contribution >= 4 is 23.4 Å². The number of hydrogen-bond acceptors (Lipinski definition) is 4. The molecule has 1 aliphatic rings. The van der Waals surface area contributed by atoms with Gasteiger partial charge in [-0.2, -0.15) is 0 Å². The Bertz CT molecular complexity index is 1520. The number of urea groups is 1. The number of nitrogens with one attached hydrogen (secondary N) is 1. The van der Waals surface area contributed by atoms with Crippen LogP contribution in [0.2, 0.25) is 0 Å². The molecular weight excluding hydrogens is 607 g/mol. The fraction of sp³-hybridized carbons (Fsp3) is 0.432. The predicted molar refractivity (Wildman–Crippen MR) is 176 cm³/mol. The summed E-state index contributed by atoms with van der Waals surface area (Å²) in [5, 5.41) is 14.5. The summed E-state index contributed by atoms with van der Waals surface area (Å²) in [6, 6.07) is 13.2. The topological polar surface area (TPSA) is 90.0 Å². The van der Waals surface area contributed by atoms with E-state index in [4.69, 9.17) is 0 Å². The molecule has 47 heavy (non-hydrogen) atoms. The van der Waals surface area contributed by atoms with Crippen LogP contribution in [0.4, 0.5) is 23.7 Å². The highest BCUT2D eigenvalue weighted by molar-refractivity contribution is 6.01. The van der Waals surface area contributed by atoms with Crippen LogP contribution in [0.25, 0.3) is 0 Å². The number of nitrogens with zero attached hydrogens (tertiary/aromatic N) is 2. The van der Waals surface area contributed by atoms with Crippen molar-refractivity contribution in [2.24, 2.45) is 11.8 Å². The van der Waals surface area contributed by atoms with E-state index in [9.17, 15) is 32.7 Å². The highest BCUT2D eigenvalue weighted by Gasteiger charge is 2.34. The second-order valence-electron chi connectivity index (χ2n) is 12.5. The van der Waals surface area contributed by atoms with Gasteiger partial charge in [-0.15, -0.1) is 0 Å². The van der Waals surface area contributed by atoms with Gasteiger partial charge in [0, 0.05) is 61.4 Å². The lowest BCUT2D eigenvalue weighted by Gasteiger charge is -2.37. The summed E-state index contributed by atoms with van der Waals surface area (Å²) in [7, 11) is 0. The first-order valence-corrected chi connectivity index (χ1v) is 16.4. The Hall–Kier alpha value is -4.18. The van der Waals surface area contributed by atoms with Crippen molar-refractivity contribution in [1.29, 1.82) is 0 Å². The third-order valence-corrected chi connectivity index (χ3v) is 8.59. The van der Waals surface area contributed by atoms with Gasteiger partial charge in [-0.3, -0.25) is 9.59 Å². The summed E-state index contributed by atoms with van der Waals surface area (Å²) in [5.41, 5.74) is 2.21. The van der Waals surface area contributed by atoms with Gasteiger partial charge in [0.1, 0.15) is 17.5 Å². The number of carbonyl (C=O) groups excluding carboxylic acids is 3. The Morgan fingerprint density at radius 2 is 1.55 bits per heavy atom. The Kier molecular flexibility index (Phi) is 12.6. The first-order chi connectivity index (χ1) is 22.5. The van der Waals surface area contributed by atoms with Crippen LogP contribution in [0.1, 0.15) is 77.8 Å². The number of ketones is 1. The van der Waals surface area contributed by atoms with Crippen LogP contribution in [0.3, 0.4) is 0 Å². The summed E-state index contributed by atoms with van der Waals surface area (Å²) < 4.78 is 41.7. The molecule has 0 aliphatic carbocycles. The van der Waals surface area contributed by atoms with Crippen molar-refractivity contribution < 1.29 is 32.7 Å². The quantitative estimate of drug-likeness (QED) is 0.188. The number of Topliss-reactive ketones (excluding diaryl/α,β-unsaturated/α-hetero) is 1. The van der Waals surface area contributed by atoms with Crippen LogP contribution in [0.5, 0.6) is 0 Å². The molecule has 1 saturated heterocycles. The van der Waals surface area contributed by atoms with Gasteiger partial charge in [-0.25, -0.2) is 18.0 Å². The molecule has 0 unspecified atom stereocenters. The minimum absolute atomic E-state index is 0.0260. The van der Waals surface area contributed by atoms with Crippen molar-refractivity contribution in [3.05, 3.63) is 100 Å². The number of amides is 3. The molecule has 4 rings (SSSR count). The molecule has 3 amide bonds. The van der Waals surface area contributed by atoms with Crippen molar-refractivity contribution in [1.82, 2.24) is 9.80 Å². The van der Waals surface area contributed by atoms with E-state index in [1.165, 1.54) is 36.4 Å². The highest BCUT2D eigenvalue weighted by atomic mass is 19.1. The van der Waals surface area contributed by atoms with E-state index in [1.807, 2.05) is 20.8 Å². The third kappa shape index (κ3) is 9.91. The summed E-state index contributed by atoms with van der Waals surface area (Å²) in [5.74, 6) is -3.54. The van der Waals surface area contributed by atoms with Crippen LogP contribution >= 0.6 is 0 Å². The lowest BCUT2D eigenvalue weighted by atomic mass is 9.79. The van der Waals surface area contributed by atoms with E-state index in [2.05, 4.69) is 5.32 Å². The number of carbonyl (C=O) groups is 3. The number of piperidine rings is 1. The van der Waals surface area contributed by atoms with Gasteiger partial charge in [0.15, 0.2) is 5.78 Å². The third-order valence-electron chi connectivity index (χ3n) is 8.59. The van der Waals surface area contributed by atoms with E-state index >= 15 is 0 Å². The Labute approximate surface area is 274 Å². The minimum atomic E-state index is -1.08. The number of benzene rings is 3. The molecule has 3 aromatic rings. The number of anilines is 1. The first-order valence-electron chi connectivity index (χ1n) is 16.4. The maximum atomic E-state index is 14.2. The highest BCUT2D eigenvalue weighted by Crippen LogP contribution is 2.30. The molecule has 0 saturated carbocycles. The maximum Gasteiger partial charge on any atom is 0.321 e. The number of hydrogen-bond donors (Lipinski definition) is 2. The van der Waals surface area contributed by atoms with Crippen LogP contribution < -0.4 is 5.32 Å². The van der Waals surface area contributed by atoms with Crippen molar-refractivity contribution in [2.75, 3.05) is 31.5 Å². The molecule has 1 fully saturated rings. The molecule has 2 N–H and O–H groups in total. The van der Waals surface area contributed by atoms with Gasteiger partial charge in [0.2, 0.25) is 0 Å². The number of aliphatic hydroxyl groups excluding tert-OH is 1. The van der Waals surface area contributed by atoms with E-state index in [0.29, 0.717) is 54.9 Å². The molecule has 0 spiro atoms. The maximum absolute atomic E-state index is 14.2. The van der Waals surface area contributed by atoms with Gasteiger partial charge in [-0.1, -0.05) is 13.8 Å². The van der Waals surface area contributed by atoms with Gasteiger partial charge >= 0.3 is 6.03 Å². The fourth-order valence-electron chi connectivity index (χ4n) is 6.40. The Balaban J connectivity index is 1.56. The van der Waals surface area contributed by atoms with Crippen LogP contribution in [-0.2, 0) is 6.42 Å². The largest absolute Gasteiger partial charge is 0.392 e. The molecule has 0 bridgehead atoms. The molecule has 1 heterocycles. The molecule has 3 aromatic carbocycles. The Morgan fingerprint density at radius 1 is 0.915 bits per heavy atom. The number of halogens is 3. The zero-order valence-electron chi connectivity index (χ0n) is 27.3. The summed E-state index contributed by atoms with van der Waals surface area (Å²) in [6.07, 6.45) is 1.59. The number of aliphatic hydroxyl groups is 1. The first kappa shape index (κ1) is 35.7. The fourth-order valence-corrected chi connectivity index (χ4v) is 6.40. The number of aryl methyl sites for hydroxylation is 1. The van der Waals surface area contributed by atoms with Gasteiger partial charge in [-0.05, 0) is 111 Å². The van der Waals surface area contributed by atoms with E-state index in [0.717, 1.165) is 24.5 Å². The summed E-state index contributed by atoms with van der Waals surface area (Å²) in [4.78, 5) is 43.6. The SMILES string of the molecule is CCCN(CCC)C(=O)c1cc(C)cc(C(=O)C[C@@H](Cc2cc(F)cc(F)c2)[C@H](O)[C@@H]2CCCN(C(=O)Nc3ccc(F)cc3)C2)c1. The molecule has 7 nitrogen and oxygen atoms in total.